The Morgan fingerprint density at radius 1 is 0.964 bits per heavy atom. The number of aliphatic imine (C=N–C) groups is 1. The Bertz CT molecular complexity index is 1130. The second-order valence-electron chi connectivity index (χ2n) is 8.13. The van der Waals surface area contributed by atoms with Crippen LogP contribution in [0.5, 0.6) is 0 Å². The van der Waals surface area contributed by atoms with Crippen molar-refractivity contribution in [1.82, 2.24) is 0 Å². The number of fused-ring (bicyclic) bond motifs is 2. The lowest BCUT2D eigenvalue weighted by molar-refractivity contribution is 0.901. The molecule has 5 rings (SSSR count). The van der Waals surface area contributed by atoms with E-state index in [0.717, 1.165) is 36.8 Å². The standard InChI is InChI=1S/C26H24N2/c1-2-3-26-25-14-22(8-6-18(25)10-11-28-26)24-15-23(24)21-9-7-19-12-17(16-27)4-5-20(19)13-21/h4-9,12-14,23-24H,2-3,10-11,15H2,1H3. The minimum absolute atomic E-state index is 0.605. The molecule has 0 spiro atoms. The molecule has 138 valence electrons. The first-order valence-corrected chi connectivity index (χ1v) is 10.4. The Morgan fingerprint density at radius 3 is 2.54 bits per heavy atom. The van der Waals surface area contributed by atoms with Crippen molar-refractivity contribution in [3.63, 3.8) is 0 Å². The highest BCUT2D eigenvalue weighted by atomic mass is 14.7. The van der Waals surface area contributed by atoms with E-state index >= 15 is 0 Å². The Kier molecular flexibility index (Phi) is 4.24. The summed E-state index contributed by atoms with van der Waals surface area (Å²) in [5.41, 5.74) is 7.79. The third-order valence-corrected chi connectivity index (χ3v) is 6.26. The van der Waals surface area contributed by atoms with Gasteiger partial charge in [0, 0.05) is 12.3 Å². The van der Waals surface area contributed by atoms with Gasteiger partial charge in [0.05, 0.1) is 11.6 Å². The van der Waals surface area contributed by atoms with E-state index in [1.165, 1.54) is 39.8 Å². The molecule has 1 fully saturated rings. The summed E-state index contributed by atoms with van der Waals surface area (Å²) in [5, 5.41) is 11.5. The molecule has 1 saturated carbocycles. The van der Waals surface area contributed by atoms with Crippen molar-refractivity contribution in [3.05, 3.63) is 82.4 Å². The first-order chi connectivity index (χ1) is 13.8. The third kappa shape index (κ3) is 3.02. The highest BCUT2D eigenvalue weighted by Crippen LogP contribution is 2.55. The van der Waals surface area contributed by atoms with Crippen LogP contribution in [0.2, 0.25) is 0 Å². The molecule has 0 saturated heterocycles. The topological polar surface area (TPSA) is 36.1 Å². The predicted molar refractivity (Wildman–Crippen MR) is 115 cm³/mol. The van der Waals surface area contributed by atoms with Crippen LogP contribution < -0.4 is 0 Å². The van der Waals surface area contributed by atoms with Crippen LogP contribution in [0.3, 0.4) is 0 Å². The summed E-state index contributed by atoms with van der Waals surface area (Å²) in [5.74, 6) is 1.22. The van der Waals surface area contributed by atoms with Gasteiger partial charge < -0.3 is 0 Å². The van der Waals surface area contributed by atoms with Crippen LogP contribution in [-0.2, 0) is 6.42 Å². The molecule has 2 unspecified atom stereocenters. The van der Waals surface area contributed by atoms with Crippen molar-refractivity contribution in [1.29, 1.82) is 5.26 Å². The summed E-state index contributed by atoms with van der Waals surface area (Å²) < 4.78 is 0. The minimum Gasteiger partial charge on any atom is -0.289 e. The molecule has 1 aliphatic heterocycles. The lowest BCUT2D eigenvalue weighted by Gasteiger charge is -2.18. The van der Waals surface area contributed by atoms with Gasteiger partial charge in [0.15, 0.2) is 0 Å². The van der Waals surface area contributed by atoms with Crippen molar-refractivity contribution in [3.8, 4) is 6.07 Å². The van der Waals surface area contributed by atoms with E-state index in [4.69, 9.17) is 10.3 Å². The normalized spacial score (nSPS) is 20.4. The first kappa shape index (κ1) is 17.2. The zero-order valence-corrected chi connectivity index (χ0v) is 16.3. The zero-order chi connectivity index (χ0) is 19.1. The van der Waals surface area contributed by atoms with Crippen molar-refractivity contribution < 1.29 is 0 Å². The van der Waals surface area contributed by atoms with E-state index in [1.807, 2.05) is 12.1 Å². The highest BCUT2D eigenvalue weighted by molar-refractivity contribution is 6.02. The average molecular weight is 364 g/mol. The molecule has 2 aliphatic rings. The maximum atomic E-state index is 9.09. The Labute approximate surface area is 166 Å². The van der Waals surface area contributed by atoms with Crippen LogP contribution in [-0.4, -0.2) is 12.3 Å². The Hall–Kier alpha value is -2.92. The number of hydrogen-bond donors (Lipinski definition) is 0. The van der Waals surface area contributed by atoms with Gasteiger partial charge in [-0.3, -0.25) is 4.99 Å². The van der Waals surface area contributed by atoms with Crippen LogP contribution in [0.15, 0.2) is 59.6 Å². The smallest absolute Gasteiger partial charge is 0.0991 e. The fourth-order valence-electron chi connectivity index (χ4n) is 4.65. The molecule has 28 heavy (non-hydrogen) atoms. The number of hydrogen-bond acceptors (Lipinski definition) is 2. The van der Waals surface area contributed by atoms with Crippen molar-refractivity contribution in [2.75, 3.05) is 6.54 Å². The number of nitriles is 1. The van der Waals surface area contributed by atoms with E-state index in [1.54, 1.807) is 0 Å². The molecule has 3 aromatic rings. The molecule has 0 amide bonds. The monoisotopic (exact) mass is 364 g/mol. The van der Waals surface area contributed by atoms with Gasteiger partial charge in [-0.1, -0.05) is 49.7 Å². The van der Waals surface area contributed by atoms with Gasteiger partial charge in [0.1, 0.15) is 0 Å². The maximum absolute atomic E-state index is 9.09. The van der Waals surface area contributed by atoms with E-state index in [9.17, 15) is 0 Å². The molecule has 2 atom stereocenters. The van der Waals surface area contributed by atoms with Crippen LogP contribution in [0.25, 0.3) is 10.8 Å². The predicted octanol–water partition coefficient (Wildman–Crippen LogP) is 6.13. The van der Waals surface area contributed by atoms with E-state index in [2.05, 4.69) is 55.5 Å². The minimum atomic E-state index is 0.605. The SMILES string of the molecule is CCCC1=NCCc2ccc(C3CC3c3ccc4cc(C#N)ccc4c3)cc21. The molecule has 2 heteroatoms. The molecule has 0 aromatic heterocycles. The zero-order valence-electron chi connectivity index (χ0n) is 16.3. The molecular weight excluding hydrogens is 340 g/mol. The average Bonchev–Trinajstić information content (AvgIpc) is 3.54. The van der Waals surface area contributed by atoms with E-state index in [-0.39, 0.29) is 0 Å². The van der Waals surface area contributed by atoms with Gasteiger partial charge in [-0.25, -0.2) is 0 Å². The first-order valence-electron chi connectivity index (χ1n) is 10.4. The van der Waals surface area contributed by atoms with Crippen molar-refractivity contribution >= 4 is 16.5 Å². The Balaban J connectivity index is 1.42. The molecule has 1 heterocycles. The number of benzene rings is 3. The van der Waals surface area contributed by atoms with Crippen LogP contribution in [0, 0.1) is 11.3 Å². The largest absolute Gasteiger partial charge is 0.289 e. The van der Waals surface area contributed by atoms with Gasteiger partial charge in [-0.2, -0.15) is 5.26 Å². The fraction of sp³-hybridized carbons (Fsp3) is 0.308. The molecule has 0 bridgehead atoms. The number of nitrogens with zero attached hydrogens (tertiary/aromatic N) is 2. The lowest BCUT2D eigenvalue weighted by atomic mass is 9.91. The summed E-state index contributed by atoms with van der Waals surface area (Å²) in [4.78, 5) is 4.80. The lowest BCUT2D eigenvalue weighted by Crippen LogP contribution is -2.13. The van der Waals surface area contributed by atoms with Crippen molar-refractivity contribution in [2.24, 2.45) is 4.99 Å². The Morgan fingerprint density at radius 2 is 1.71 bits per heavy atom. The molecule has 2 nitrogen and oxygen atoms in total. The summed E-state index contributed by atoms with van der Waals surface area (Å²) in [6.45, 7) is 3.18. The second kappa shape index (κ2) is 6.91. The van der Waals surface area contributed by atoms with Crippen LogP contribution >= 0.6 is 0 Å². The summed E-state index contributed by atoms with van der Waals surface area (Å²) >= 11 is 0. The molecule has 1 aliphatic carbocycles. The van der Waals surface area contributed by atoms with Gasteiger partial charge in [-0.05, 0) is 82.3 Å². The highest BCUT2D eigenvalue weighted by Gasteiger charge is 2.39. The second-order valence-corrected chi connectivity index (χ2v) is 8.13. The third-order valence-electron chi connectivity index (χ3n) is 6.26. The van der Waals surface area contributed by atoms with E-state index in [0.29, 0.717) is 11.8 Å². The van der Waals surface area contributed by atoms with Gasteiger partial charge >= 0.3 is 0 Å². The van der Waals surface area contributed by atoms with E-state index < -0.39 is 0 Å². The summed E-state index contributed by atoms with van der Waals surface area (Å²) in [6, 6.07) is 22.0. The van der Waals surface area contributed by atoms with Crippen molar-refractivity contribution in [2.45, 2.75) is 44.4 Å². The van der Waals surface area contributed by atoms with Crippen LogP contribution in [0.1, 0.15) is 65.8 Å². The molecular formula is C26H24N2. The van der Waals surface area contributed by atoms with Gasteiger partial charge in [-0.15, -0.1) is 0 Å². The quantitative estimate of drug-likeness (QED) is 0.549. The van der Waals surface area contributed by atoms with Crippen LogP contribution in [0.4, 0.5) is 0 Å². The molecule has 0 radical (unpaired) electrons. The molecule has 3 aromatic carbocycles. The van der Waals surface area contributed by atoms with Gasteiger partial charge in [0.2, 0.25) is 0 Å². The summed E-state index contributed by atoms with van der Waals surface area (Å²) in [6.07, 6.45) is 4.53. The number of rotatable bonds is 4. The summed E-state index contributed by atoms with van der Waals surface area (Å²) in [7, 11) is 0. The molecule has 0 N–H and O–H groups in total. The fourth-order valence-corrected chi connectivity index (χ4v) is 4.65. The maximum Gasteiger partial charge on any atom is 0.0991 e. The van der Waals surface area contributed by atoms with Gasteiger partial charge in [0.25, 0.3) is 0 Å².